The molecule has 0 radical (unpaired) electrons. The van der Waals surface area contributed by atoms with Gasteiger partial charge < -0.3 is 5.32 Å². The van der Waals surface area contributed by atoms with Gasteiger partial charge in [0.05, 0.1) is 10.0 Å². The van der Waals surface area contributed by atoms with Crippen LogP contribution in [0.1, 0.15) is 16.3 Å². The third kappa shape index (κ3) is 3.77. The number of aromatic nitrogens is 1. The number of hydrogen-bond donors (Lipinski definition) is 1. The van der Waals surface area contributed by atoms with Crippen LogP contribution in [0.15, 0.2) is 23.6 Å². The monoisotopic (exact) mass is 284 g/mol. The van der Waals surface area contributed by atoms with Crippen LogP contribution in [0.5, 0.6) is 0 Å². The van der Waals surface area contributed by atoms with Gasteiger partial charge in [-0.1, -0.05) is 17.7 Å². The largest absolute Gasteiger partial charge is 0.312 e. The zero-order valence-electron chi connectivity index (χ0n) is 10.0. The van der Waals surface area contributed by atoms with Crippen molar-refractivity contribution in [3.05, 3.63) is 50.7 Å². The normalized spacial score (nSPS) is 10.8. The molecule has 2 nitrogen and oxygen atoms in total. The molecule has 0 aliphatic carbocycles. The van der Waals surface area contributed by atoms with Crippen LogP contribution in [-0.4, -0.2) is 11.5 Å². The average Bonchev–Trinajstić information content (AvgIpc) is 2.75. The second-order valence-electron chi connectivity index (χ2n) is 4.06. The molecule has 0 spiro atoms. The molecule has 1 heterocycles. The summed E-state index contributed by atoms with van der Waals surface area (Å²) in [5.74, 6) is -0.376. The SMILES string of the molecule is Cc1csc(CCNCc2ccc(F)c(Cl)c2)n1. The summed E-state index contributed by atoms with van der Waals surface area (Å²) in [5, 5.41) is 6.65. The third-order valence-electron chi connectivity index (χ3n) is 2.50. The quantitative estimate of drug-likeness (QED) is 0.849. The van der Waals surface area contributed by atoms with Crippen molar-refractivity contribution >= 4 is 22.9 Å². The molecule has 1 aromatic carbocycles. The van der Waals surface area contributed by atoms with E-state index in [0.717, 1.165) is 29.2 Å². The highest BCUT2D eigenvalue weighted by Gasteiger charge is 2.01. The number of rotatable bonds is 5. The van der Waals surface area contributed by atoms with Gasteiger partial charge in [0.15, 0.2) is 0 Å². The van der Waals surface area contributed by atoms with E-state index in [4.69, 9.17) is 11.6 Å². The summed E-state index contributed by atoms with van der Waals surface area (Å²) in [7, 11) is 0. The summed E-state index contributed by atoms with van der Waals surface area (Å²) < 4.78 is 13.0. The number of thiazole rings is 1. The van der Waals surface area contributed by atoms with Crippen LogP contribution >= 0.6 is 22.9 Å². The number of nitrogens with one attached hydrogen (secondary N) is 1. The van der Waals surface area contributed by atoms with E-state index in [1.54, 1.807) is 23.5 Å². The zero-order valence-corrected chi connectivity index (χ0v) is 11.6. The van der Waals surface area contributed by atoms with E-state index in [0.29, 0.717) is 6.54 Å². The van der Waals surface area contributed by atoms with Gasteiger partial charge in [-0.3, -0.25) is 0 Å². The molecule has 0 saturated carbocycles. The smallest absolute Gasteiger partial charge is 0.141 e. The lowest BCUT2D eigenvalue weighted by Gasteiger charge is -2.04. The predicted molar refractivity (Wildman–Crippen MR) is 73.7 cm³/mol. The maximum Gasteiger partial charge on any atom is 0.141 e. The molecule has 2 rings (SSSR count). The predicted octanol–water partition coefficient (Wildman–Crippen LogP) is 3.58. The fraction of sp³-hybridized carbons (Fsp3) is 0.308. The van der Waals surface area contributed by atoms with E-state index < -0.39 is 0 Å². The molecule has 5 heteroatoms. The summed E-state index contributed by atoms with van der Waals surface area (Å²) >= 11 is 7.39. The van der Waals surface area contributed by atoms with Gasteiger partial charge in [0.1, 0.15) is 5.82 Å². The minimum absolute atomic E-state index is 0.171. The minimum atomic E-state index is -0.376. The number of halogens is 2. The van der Waals surface area contributed by atoms with E-state index in [2.05, 4.69) is 15.7 Å². The van der Waals surface area contributed by atoms with Gasteiger partial charge in [-0.15, -0.1) is 11.3 Å². The van der Waals surface area contributed by atoms with Gasteiger partial charge in [-0.05, 0) is 24.6 Å². The third-order valence-corrected chi connectivity index (χ3v) is 3.81. The van der Waals surface area contributed by atoms with E-state index >= 15 is 0 Å². The molecule has 0 fully saturated rings. The first-order valence-corrected chi connectivity index (χ1v) is 6.96. The first-order chi connectivity index (χ1) is 8.65. The number of aryl methyl sites for hydroxylation is 1. The van der Waals surface area contributed by atoms with E-state index in [9.17, 15) is 4.39 Å². The molecular formula is C13H14ClFN2S. The van der Waals surface area contributed by atoms with Crippen molar-refractivity contribution in [3.8, 4) is 0 Å². The molecule has 0 saturated heterocycles. The van der Waals surface area contributed by atoms with E-state index in [1.807, 2.05) is 6.92 Å². The lowest BCUT2D eigenvalue weighted by atomic mass is 10.2. The summed E-state index contributed by atoms with van der Waals surface area (Å²) in [4.78, 5) is 4.39. The summed E-state index contributed by atoms with van der Waals surface area (Å²) in [5.41, 5.74) is 2.05. The molecule has 0 atom stereocenters. The van der Waals surface area contributed by atoms with E-state index in [-0.39, 0.29) is 10.8 Å². The molecule has 18 heavy (non-hydrogen) atoms. The highest BCUT2D eigenvalue weighted by molar-refractivity contribution is 7.09. The van der Waals surface area contributed by atoms with Gasteiger partial charge in [-0.25, -0.2) is 9.37 Å². The first kappa shape index (κ1) is 13.5. The van der Waals surface area contributed by atoms with Gasteiger partial charge in [-0.2, -0.15) is 0 Å². The van der Waals surface area contributed by atoms with E-state index in [1.165, 1.54) is 6.07 Å². The molecule has 1 N–H and O–H groups in total. The van der Waals surface area contributed by atoms with Crippen LogP contribution in [0.3, 0.4) is 0 Å². The van der Waals surface area contributed by atoms with Crippen LogP contribution < -0.4 is 5.32 Å². The Hall–Kier alpha value is -0.970. The van der Waals surface area contributed by atoms with Gasteiger partial charge in [0.2, 0.25) is 0 Å². The molecule has 0 bridgehead atoms. The maximum atomic E-state index is 13.0. The Balaban J connectivity index is 1.76. The number of nitrogens with zero attached hydrogens (tertiary/aromatic N) is 1. The first-order valence-electron chi connectivity index (χ1n) is 5.71. The van der Waals surface area contributed by atoms with Crippen LogP contribution in [0, 0.1) is 12.7 Å². The summed E-state index contributed by atoms with van der Waals surface area (Å²) in [6.07, 6.45) is 0.910. The fourth-order valence-corrected chi connectivity index (χ4v) is 2.57. The Morgan fingerprint density at radius 3 is 2.94 bits per heavy atom. The van der Waals surface area contributed by atoms with Crippen molar-refractivity contribution in [2.24, 2.45) is 0 Å². The average molecular weight is 285 g/mol. The fourth-order valence-electron chi connectivity index (χ4n) is 1.60. The Morgan fingerprint density at radius 1 is 1.44 bits per heavy atom. The molecular weight excluding hydrogens is 271 g/mol. The molecule has 2 aromatic rings. The molecule has 0 aliphatic rings. The molecule has 1 aromatic heterocycles. The molecule has 0 amide bonds. The second-order valence-corrected chi connectivity index (χ2v) is 5.41. The van der Waals surface area contributed by atoms with Crippen molar-refractivity contribution in [3.63, 3.8) is 0 Å². The van der Waals surface area contributed by atoms with Crippen LogP contribution in [0.4, 0.5) is 4.39 Å². The van der Waals surface area contributed by atoms with Crippen molar-refractivity contribution in [1.82, 2.24) is 10.3 Å². The molecule has 0 unspecified atom stereocenters. The van der Waals surface area contributed by atoms with Gasteiger partial charge in [0.25, 0.3) is 0 Å². The second kappa shape index (κ2) is 6.27. The lowest BCUT2D eigenvalue weighted by molar-refractivity contribution is 0.625. The number of hydrogen-bond acceptors (Lipinski definition) is 3. The zero-order chi connectivity index (χ0) is 13.0. The van der Waals surface area contributed by atoms with Crippen LogP contribution in [0.25, 0.3) is 0 Å². The maximum absolute atomic E-state index is 13.0. The van der Waals surface area contributed by atoms with Gasteiger partial charge in [0, 0.05) is 30.6 Å². The van der Waals surface area contributed by atoms with Crippen molar-refractivity contribution in [1.29, 1.82) is 0 Å². The summed E-state index contributed by atoms with van der Waals surface area (Å²) in [6.45, 7) is 3.53. The Labute approximate surface area is 115 Å². The minimum Gasteiger partial charge on any atom is -0.312 e. The number of benzene rings is 1. The molecule has 96 valence electrons. The van der Waals surface area contributed by atoms with Crippen molar-refractivity contribution in [2.75, 3.05) is 6.54 Å². The van der Waals surface area contributed by atoms with Crippen molar-refractivity contribution in [2.45, 2.75) is 19.9 Å². The van der Waals surface area contributed by atoms with Gasteiger partial charge >= 0.3 is 0 Å². The highest BCUT2D eigenvalue weighted by atomic mass is 35.5. The Morgan fingerprint density at radius 2 is 2.28 bits per heavy atom. The Bertz CT molecular complexity index is 527. The lowest BCUT2D eigenvalue weighted by Crippen LogP contribution is -2.16. The van der Waals surface area contributed by atoms with Crippen LogP contribution in [0.2, 0.25) is 5.02 Å². The summed E-state index contributed by atoms with van der Waals surface area (Å²) in [6, 6.07) is 4.78. The Kier molecular flexibility index (Phi) is 4.69. The van der Waals surface area contributed by atoms with Crippen LogP contribution in [-0.2, 0) is 13.0 Å². The standard InChI is InChI=1S/C13H14ClFN2S/c1-9-8-18-13(17-9)4-5-16-7-10-2-3-12(15)11(14)6-10/h2-3,6,8,16H,4-5,7H2,1H3. The topological polar surface area (TPSA) is 24.9 Å². The molecule has 0 aliphatic heterocycles. The van der Waals surface area contributed by atoms with Crippen molar-refractivity contribution < 1.29 is 4.39 Å². The highest BCUT2D eigenvalue weighted by Crippen LogP contribution is 2.15.